The van der Waals surface area contributed by atoms with Crippen molar-refractivity contribution in [3.8, 4) is 5.75 Å². The second kappa shape index (κ2) is 8.56. The Hall–Kier alpha value is -4.31. The van der Waals surface area contributed by atoms with E-state index in [1.807, 2.05) is 18.2 Å². The van der Waals surface area contributed by atoms with Gasteiger partial charge < -0.3 is 10.8 Å². The van der Waals surface area contributed by atoms with Crippen LogP contribution in [0.3, 0.4) is 0 Å². The number of hydrogen-bond donors (Lipinski definition) is 2. The average Bonchev–Trinajstić information content (AvgIpc) is 3.30. The lowest BCUT2D eigenvalue weighted by molar-refractivity contribution is -0.118. The van der Waals surface area contributed by atoms with E-state index in [-0.39, 0.29) is 22.8 Å². The molecule has 0 radical (unpaired) electrons. The molecule has 3 aromatic carbocycles. The third kappa shape index (κ3) is 3.73. The Morgan fingerprint density at radius 3 is 2.56 bits per heavy atom. The van der Waals surface area contributed by atoms with Crippen LogP contribution in [0.5, 0.6) is 5.75 Å². The Bertz CT molecular complexity index is 1640. The van der Waals surface area contributed by atoms with Crippen molar-refractivity contribution in [3.63, 3.8) is 0 Å². The molecule has 168 valence electrons. The second-order valence-corrected chi connectivity index (χ2v) is 8.47. The number of aromatic hydroxyl groups is 1. The molecule has 0 saturated carbocycles. The number of carbonyl (C=O) groups is 2. The number of primary amides is 1. The van der Waals surface area contributed by atoms with Gasteiger partial charge in [0.15, 0.2) is 0 Å². The minimum Gasteiger partial charge on any atom is -0.507 e. The zero-order valence-electron chi connectivity index (χ0n) is 18.0. The highest BCUT2D eigenvalue weighted by molar-refractivity contribution is 7.09. The van der Waals surface area contributed by atoms with E-state index in [9.17, 15) is 14.7 Å². The molecule has 2 heterocycles. The molecule has 0 unspecified atom stereocenters. The van der Waals surface area contributed by atoms with Gasteiger partial charge in [-0.15, -0.1) is 15.3 Å². The molecule has 10 heteroatoms. The number of phenols is 1. The van der Waals surface area contributed by atoms with Gasteiger partial charge in [-0.05, 0) is 35.8 Å². The van der Waals surface area contributed by atoms with Crippen LogP contribution in [0.2, 0.25) is 0 Å². The number of rotatable bonds is 6. The lowest BCUT2D eigenvalue weighted by Crippen LogP contribution is -2.09. The largest absolute Gasteiger partial charge is 0.507 e. The topological polar surface area (TPSA) is 144 Å². The summed E-state index contributed by atoms with van der Waals surface area (Å²) < 4.78 is 4.33. The fourth-order valence-electron chi connectivity index (χ4n) is 3.75. The van der Waals surface area contributed by atoms with E-state index < -0.39 is 5.91 Å². The predicted molar refractivity (Wildman–Crippen MR) is 130 cm³/mol. The Balaban J connectivity index is 1.61. The van der Waals surface area contributed by atoms with Gasteiger partial charge in [-0.25, -0.2) is 0 Å². The molecule has 0 atom stereocenters. The number of aromatic nitrogens is 3. The average molecular weight is 471 g/mol. The highest BCUT2D eigenvalue weighted by Crippen LogP contribution is 2.37. The monoisotopic (exact) mass is 470 g/mol. The van der Waals surface area contributed by atoms with E-state index in [1.54, 1.807) is 37.3 Å². The number of ketones is 1. The Morgan fingerprint density at radius 2 is 1.79 bits per heavy atom. The van der Waals surface area contributed by atoms with E-state index in [1.165, 1.54) is 0 Å². The number of fused-ring (bicyclic) bond motifs is 4. The van der Waals surface area contributed by atoms with Gasteiger partial charge in [0.05, 0.1) is 16.9 Å². The second-order valence-electron chi connectivity index (χ2n) is 7.69. The summed E-state index contributed by atoms with van der Waals surface area (Å²) in [6.07, 6.45) is 0.500. The van der Waals surface area contributed by atoms with Crippen molar-refractivity contribution in [2.45, 2.75) is 19.8 Å². The van der Waals surface area contributed by atoms with E-state index in [2.05, 4.69) is 24.8 Å². The van der Waals surface area contributed by atoms with Crippen molar-refractivity contribution >= 4 is 67.3 Å². The van der Waals surface area contributed by atoms with Crippen LogP contribution in [0, 0.1) is 0 Å². The molecule has 0 aliphatic rings. The number of benzene rings is 3. The number of Topliss-reactive ketones (excluding diaryl/α,β-unsaturated/α-hetero) is 1. The van der Waals surface area contributed by atoms with Crippen molar-refractivity contribution in [2.24, 2.45) is 16.0 Å². The molecule has 0 aliphatic heterocycles. The maximum atomic E-state index is 12.0. The molecule has 0 aliphatic carbocycles. The van der Waals surface area contributed by atoms with Gasteiger partial charge in [-0.3, -0.25) is 9.59 Å². The Kier molecular flexibility index (Phi) is 5.42. The van der Waals surface area contributed by atoms with Crippen LogP contribution in [0.15, 0.2) is 58.8 Å². The SMILES string of the molecule is CCC(=O)Cc1cc(N=Nc2ccc3nnc4c(C(N)=O)snc4c3c2)c2ccccc2c1O. The number of phenolic OH excluding ortho intramolecular Hbond substituents is 1. The van der Waals surface area contributed by atoms with Crippen molar-refractivity contribution in [2.75, 3.05) is 0 Å². The highest BCUT2D eigenvalue weighted by Gasteiger charge is 2.17. The third-order valence-corrected chi connectivity index (χ3v) is 6.36. The summed E-state index contributed by atoms with van der Waals surface area (Å²) >= 11 is 0.980. The first-order chi connectivity index (χ1) is 16.5. The first-order valence-electron chi connectivity index (χ1n) is 10.5. The first-order valence-corrected chi connectivity index (χ1v) is 11.3. The van der Waals surface area contributed by atoms with Crippen molar-refractivity contribution in [3.05, 3.63) is 59.0 Å². The Labute approximate surface area is 197 Å². The summed E-state index contributed by atoms with van der Waals surface area (Å²) in [6, 6.07) is 14.3. The van der Waals surface area contributed by atoms with Crippen molar-refractivity contribution in [1.29, 1.82) is 0 Å². The standard InChI is InChI=1S/C24H18N6O3S/c1-2-14(31)9-12-10-19(15-5-3-4-6-16(15)22(12)32)28-26-13-7-8-18-17(11-13)20-21(29-27-18)23(24(25)33)34-30-20/h3-8,10-11,32H,2,9H2,1H3,(H2,25,33). The lowest BCUT2D eigenvalue weighted by atomic mass is 9.99. The predicted octanol–water partition coefficient (Wildman–Crippen LogP) is 5.13. The number of amides is 1. The summed E-state index contributed by atoms with van der Waals surface area (Å²) in [5.74, 6) is -0.503. The molecule has 0 spiro atoms. The number of nitrogens with two attached hydrogens (primary N) is 1. The van der Waals surface area contributed by atoms with Gasteiger partial charge in [0.2, 0.25) is 0 Å². The number of hydrogen-bond acceptors (Lipinski definition) is 9. The fourth-order valence-corrected chi connectivity index (χ4v) is 4.43. The first kappa shape index (κ1) is 21.5. The number of nitrogens with zero attached hydrogens (tertiary/aromatic N) is 5. The van der Waals surface area contributed by atoms with Crippen LogP contribution in [-0.4, -0.2) is 31.4 Å². The van der Waals surface area contributed by atoms with Crippen molar-refractivity contribution in [1.82, 2.24) is 14.6 Å². The smallest absolute Gasteiger partial charge is 0.262 e. The molecule has 9 nitrogen and oxygen atoms in total. The molecule has 2 aromatic heterocycles. The maximum Gasteiger partial charge on any atom is 0.262 e. The van der Waals surface area contributed by atoms with Gasteiger partial charge in [-0.2, -0.15) is 9.49 Å². The molecule has 0 fully saturated rings. The summed E-state index contributed by atoms with van der Waals surface area (Å²) in [7, 11) is 0. The van der Waals surface area contributed by atoms with Crippen LogP contribution in [-0.2, 0) is 11.2 Å². The highest BCUT2D eigenvalue weighted by atomic mass is 32.1. The molecule has 0 saturated heterocycles. The quantitative estimate of drug-likeness (QED) is 0.329. The maximum absolute atomic E-state index is 12.0. The number of carbonyl (C=O) groups excluding carboxylic acids is 2. The van der Waals surface area contributed by atoms with E-state index in [4.69, 9.17) is 5.73 Å². The normalized spacial score (nSPS) is 11.7. The molecule has 0 bridgehead atoms. The van der Waals surface area contributed by atoms with Gasteiger partial charge in [0.25, 0.3) is 5.91 Å². The lowest BCUT2D eigenvalue weighted by Gasteiger charge is -2.10. The molecule has 1 amide bonds. The van der Waals surface area contributed by atoms with Gasteiger partial charge >= 0.3 is 0 Å². The van der Waals surface area contributed by atoms with E-state index >= 15 is 0 Å². The number of azo groups is 1. The molecular weight excluding hydrogens is 452 g/mol. The summed E-state index contributed by atoms with van der Waals surface area (Å²) in [5.41, 5.74) is 8.48. The molecule has 34 heavy (non-hydrogen) atoms. The summed E-state index contributed by atoms with van der Waals surface area (Å²) in [4.78, 5) is 23.9. The van der Waals surface area contributed by atoms with Crippen LogP contribution < -0.4 is 5.73 Å². The zero-order chi connectivity index (χ0) is 23.8. The summed E-state index contributed by atoms with van der Waals surface area (Å²) in [6.45, 7) is 1.79. The van der Waals surface area contributed by atoms with E-state index in [0.717, 1.165) is 16.9 Å². The van der Waals surface area contributed by atoms with Crippen molar-refractivity contribution < 1.29 is 14.7 Å². The Morgan fingerprint density at radius 1 is 1.00 bits per heavy atom. The van der Waals surface area contributed by atoms with Gasteiger partial charge in [-0.1, -0.05) is 31.2 Å². The van der Waals surface area contributed by atoms with Crippen LogP contribution >= 0.6 is 11.5 Å². The molecular formula is C24H18N6O3S. The third-order valence-electron chi connectivity index (χ3n) is 5.51. The zero-order valence-corrected chi connectivity index (χ0v) is 18.8. The summed E-state index contributed by atoms with van der Waals surface area (Å²) in [5, 5.41) is 29.8. The van der Waals surface area contributed by atoms with Gasteiger partial charge in [0.1, 0.15) is 27.4 Å². The van der Waals surface area contributed by atoms with Gasteiger partial charge in [0, 0.05) is 34.6 Å². The molecule has 5 aromatic rings. The van der Waals surface area contributed by atoms with Crippen LogP contribution in [0.1, 0.15) is 28.6 Å². The van der Waals surface area contributed by atoms with Crippen LogP contribution in [0.25, 0.3) is 32.7 Å². The van der Waals surface area contributed by atoms with Crippen LogP contribution in [0.4, 0.5) is 11.4 Å². The minimum absolute atomic E-state index is 0.0201. The molecule has 3 N–H and O–H groups in total. The minimum atomic E-state index is -0.603. The fraction of sp³-hybridized carbons (Fsp3) is 0.125. The molecule has 5 rings (SSSR count). The van der Waals surface area contributed by atoms with E-state index in [0.29, 0.717) is 50.7 Å².